The average Bonchev–Trinajstić information content (AvgIpc) is 2.01. The summed E-state index contributed by atoms with van der Waals surface area (Å²) in [5.74, 6) is 0. The highest BCUT2D eigenvalue weighted by atomic mass is 28.4. The molecule has 0 aliphatic carbocycles. The molecule has 0 aliphatic heterocycles. The molecule has 2 N–H and O–H groups in total. The normalized spacial score (nSPS) is 12.0. The summed E-state index contributed by atoms with van der Waals surface area (Å²) in [4.78, 5) is 0. The van der Waals surface area contributed by atoms with Crippen molar-refractivity contribution < 1.29 is 14.6 Å². The van der Waals surface area contributed by atoms with E-state index >= 15 is 0 Å². The number of hydrogen-bond acceptors (Lipinski definition) is 3. The van der Waals surface area contributed by atoms with Crippen molar-refractivity contribution >= 4 is 8.32 Å². The van der Waals surface area contributed by atoms with Crippen LogP contribution in [0.3, 0.4) is 0 Å². The Hall–Kier alpha value is 0.0969. The quantitative estimate of drug-likeness (QED) is 0.467. The second-order valence-electron chi connectivity index (χ2n) is 3.51. The molecule has 0 radical (unpaired) electrons. The first-order chi connectivity index (χ1) is 5.62. The lowest BCUT2D eigenvalue weighted by Crippen LogP contribution is -2.31. The largest absolute Gasteiger partial charge is 0.417 e. The van der Waals surface area contributed by atoms with E-state index in [1.807, 2.05) is 0 Å². The summed E-state index contributed by atoms with van der Waals surface area (Å²) in [5, 5.41) is 17.2. The molecule has 0 aromatic heterocycles. The van der Waals surface area contributed by atoms with Crippen LogP contribution in [0.1, 0.15) is 12.8 Å². The molecule has 0 saturated heterocycles. The molecule has 4 heteroatoms. The first-order valence-corrected chi connectivity index (χ1v) is 7.59. The highest BCUT2D eigenvalue weighted by Gasteiger charge is 2.20. The third-order valence-electron chi connectivity index (χ3n) is 1.73. The third kappa shape index (κ3) is 6.79. The Balaban J connectivity index is 3.42. The lowest BCUT2D eigenvalue weighted by Gasteiger charge is -2.22. The molecule has 0 aromatic carbocycles. The van der Waals surface area contributed by atoms with Gasteiger partial charge in [0, 0.05) is 19.8 Å². The van der Waals surface area contributed by atoms with Crippen LogP contribution in [0.15, 0.2) is 0 Å². The molecule has 0 bridgehead atoms. The van der Waals surface area contributed by atoms with Crippen molar-refractivity contribution in [2.45, 2.75) is 32.0 Å². The smallest absolute Gasteiger partial charge is 0.186 e. The van der Waals surface area contributed by atoms with E-state index in [-0.39, 0.29) is 13.2 Å². The summed E-state index contributed by atoms with van der Waals surface area (Å²) in [5.41, 5.74) is 0. The van der Waals surface area contributed by atoms with Crippen LogP contribution in [0, 0.1) is 0 Å². The Kier molecular flexibility index (Phi) is 6.65. The van der Waals surface area contributed by atoms with Crippen molar-refractivity contribution in [3.05, 3.63) is 0 Å². The van der Waals surface area contributed by atoms with Crippen LogP contribution >= 0.6 is 0 Å². The third-order valence-corrected chi connectivity index (χ3v) is 4.28. The predicted octanol–water partition coefficient (Wildman–Crippen LogP) is 0.973. The lowest BCUT2D eigenvalue weighted by atomic mass is 10.5. The van der Waals surface area contributed by atoms with Gasteiger partial charge in [-0.1, -0.05) is 0 Å². The van der Waals surface area contributed by atoms with Crippen molar-refractivity contribution in [1.29, 1.82) is 0 Å². The van der Waals surface area contributed by atoms with Crippen molar-refractivity contribution in [2.75, 3.05) is 19.8 Å². The molecule has 0 saturated carbocycles. The Bertz CT molecular complexity index is 106. The number of hydrogen-bond donors (Lipinski definition) is 2. The van der Waals surface area contributed by atoms with E-state index in [4.69, 9.17) is 14.6 Å². The van der Waals surface area contributed by atoms with Crippen molar-refractivity contribution in [2.24, 2.45) is 0 Å². The number of aliphatic hydroxyl groups excluding tert-OH is 2. The summed E-state index contributed by atoms with van der Waals surface area (Å²) in [7, 11) is -1.53. The van der Waals surface area contributed by atoms with Crippen molar-refractivity contribution in [1.82, 2.24) is 0 Å². The molecule has 0 aliphatic rings. The van der Waals surface area contributed by atoms with Crippen molar-refractivity contribution in [3.63, 3.8) is 0 Å². The van der Waals surface area contributed by atoms with Crippen LogP contribution in [0.4, 0.5) is 0 Å². The van der Waals surface area contributed by atoms with Crippen LogP contribution < -0.4 is 0 Å². The van der Waals surface area contributed by atoms with E-state index < -0.39 is 8.32 Å². The zero-order chi connectivity index (χ0) is 9.45. The molecular formula is C8H20O3Si. The van der Waals surface area contributed by atoms with E-state index in [9.17, 15) is 0 Å². The number of aliphatic hydroxyl groups is 2. The SMILES string of the molecule is C[Si](C)(CCCO)OCCCO. The molecule has 0 unspecified atom stereocenters. The molecule has 0 spiro atoms. The first kappa shape index (κ1) is 12.1. The monoisotopic (exact) mass is 192 g/mol. The van der Waals surface area contributed by atoms with Crippen LogP contribution in [-0.2, 0) is 4.43 Å². The number of rotatable bonds is 7. The molecule has 0 rings (SSSR count). The standard InChI is InChI=1S/C8H20O3Si/c1-12(2,8-4-6-10)11-7-3-5-9/h9-10H,3-8H2,1-2H3. The van der Waals surface area contributed by atoms with Crippen LogP contribution in [0.25, 0.3) is 0 Å². The first-order valence-electron chi connectivity index (χ1n) is 4.48. The molecule has 0 atom stereocenters. The van der Waals surface area contributed by atoms with Gasteiger partial charge in [-0.3, -0.25) is 0 Å². The second kappa shape index (κ2) is 6.60. The van der Waals surface area contributed by atoms with Gasteiger partial charge >= 0.3 is 0 Å². The van der Waals surface area contributed by atoms with Gasteiger partial charge in [0.25, 0.3) is 0 Å². The summed E-state index contributed by atoms with van der Waals surface area (Å²) in [6, 6.07) is 0.995. The lowest BCUT2D eigenvalue weighted by molar-refractivity contribution is 0.226. The maximum atomic E-state index is 8.63. The van der Waals surface area contributed by atoms with E-state index in [1.165, 1.54) is 0 Å². The van der Waals surface area contributed by atoms with Gasteiger partial charge in [0.2, 0.25) is 0 Å². The molecular weight excluding hydrogens is 172 g/mol. The van der Waals surface area contributed by atoms with E-state index in [0.29, 0.717) is 6.61 Å². The van der Waals surface area contributed by atoms with Gasteiger partial charge in [-0.15, -0.1) is 0 Å². The van der Waals surface area contributed by atoms with Gasteiger partial charge in [-0.2, -0.15) is 0 Å². The molecule has 0 heterocycles. The van der Waals surface area contributed by atoms with E-state index in [1.54, 1.807) is 0 Å². The van der Waals surface area contributed by atoms with Crippen LogP contribution in [0.5, 0.6) is 0 Å². The van der Waals surface area contributed by atoms with Gasteiger partial charge in [0.15, 0.2) is 8.32 Å². The van der Waals surface area contributed by atoms with E-state index in [0.717, 1.165) is 18.9 Å². The Morgan fingerprint density at radius 3 is 2.17 bits per heavy atom. The van der Waals surface area contributed by atoms with E-state index in [2.05, 4.69) is 13.1 Å². The molecule has 0 aromatic rings. The highest BCUT2D eigenvalue weighted by Crippen LogP contribution is 2.13. The van der Waals surface area contributed by atoms with Gasteiger partial charge in [0.05, 0.1) is 0 Å². The minimum Gasteiger partial charge on any atom is -0.417 e. The van der Waals surface area contributed by atoms with Gasteiger partial charge < -0.3 is 14.6 Å². The Morgan fingerprint density at radius 2 is 1.67 bits per heavy atom. The molecule has 0 amide bonds. The fourth-order valence-corrected chi connectivity index (χ4v) is 2.84. The van der Waals surface area contributed by atoms with Gasteiger partial charge in [-0.05, 0) is 32.0 Å². The fraction of sp³-hybridized carbons (Fsp3) is 1.00. The van der Waals surface area contributed by atoms with Crippen LogP contribution in [0.2, 0.25) is 19.1 Å². The fourth-order valence-electron chi connectivity index (χ4n) is 0.990. The summed E-state index contributed by atoms with van der Waals surface area (Å²) >= 11 is 0. The molecule has 3 nitrogen and oxygen atoms in total. The highest BCUT2D eigenvalue weighted by molar-refractivity contribution is 6.71. The predicted molar refractivity (Wildman–Crippen MR) is 51.6 cm³/mol. The molecule has 0 fully saturated rings. The second-order valence-corrected chi connectivity index (χ2v) is 7.82. The zero-order valence-electron chi connectivity index (χ0n) is 8.05. The summed E-state index contributed by atoms with van der Waals surface area (Å²) < 4.78 is 5.64. The zero-order valence-corrected chi connectivity index (χ0v) is 9.05. The Labute approximate surface area is 75.5 Å². The van der Waals surface area contributed by atoms with Crippen molar-refractivity contribution in [3.8, 4) is 0 Å². The Morgan fingerprint density at radius 1 is 1.08 bits per heavy atom. The minimum atomic E-state index is -1.53. The summed E-state index contributed by atoms with van der Waals surface area (Å²) in [6.45, 7) is 5.38. The average molecular weight is 192 g/mol. The van der Waals surface area contributed by atoms with Gasteiger partial charge in [-0.25, -0.2) is 0 Å². The summed E-state index contributed by atoms with van der Waals surface area (Å²) in [6.07, 6.45) is 1.55. The topological polar surface area (TPSA) is 49.7 Å². The maximum absolute atomic E-state index is 8.63. The molecule has 74 valence electrons. The molecule has 12 heavy (non-hydrogen) atoms. The maximum Gasteiger partial charge on any atom is 0.186 e. The van der Waals surface area contributed by atoms with Crippen LogP contribution in [-0.4, -0.2) is 38.4 Å². The minimum absolute atomic E-state index is 0.199. The van der Waals surface area contributed by atoms with Gasteiger partial charge in [0.1, 0.15) is 0 Å².